The van der Waals surface area contributed by atoms with Gasteiger partial charge in [-0.25, -0.2) is 0 Å². The van der Waals surface area contributed by atoms with E-state index in [-0.39, 0.29) is 24.2 Å². The lowest BCUT2D eigenvalue weighted by atomic mass is 9.45. The van der Waals surface area contributed by atoms with Gasteiger partial charge in [-0.1, -0.05) is 13.8 Å². The van der Waals surface area contributed by atoms with Crippen molar-refractivity contribution in [1.29, 1.82) is 0 Å². The van der Waals surface area contributed by atoms with Gasteiger partial charge in [-0.3, -0.25) is 9.59 Å². The second kappa shape index (κ2) is 7.81. The topological polar surface area (TPSA) is 58.2 Å². The zero-order chi connectivity index (χ0) is 19.4. The average Bonchev–Trinajstić information content (AvgIpc) is 2.91. The third-order valence-electron chi connectivity index (χ3n) is 9.45. The lowest BCUT2D eigenvalue weighted by molar-refractivity contribution is -0.126. The molecule has 0 heterocycles. The predicted octanol–water partition coefficient (Wildman–Crippen LogP) is 4.46. The fraction of sp³-hybridized carbons (Fsp3) is 0.913. The second-order valence-corrected chi connectivity index (χ2v) is 10.7. The van der Waals surface area contributed by atoms with E-state index in [9.17, 15) is 9.59 Å². The van der Waals surface area contributed by atoms with Gasteiger partial charge in [0, 0.05) is 25.9 Å². The molecule has 0 spiro atoms. The maximum absolute atomic E-state index is 11.7. The number of hydrogen-bond donors (Lipinski definition) is 2. The van der Waals surface area contributed by atoms with E-state index in [1.54, 1.807) is 13.8 Å². The van der Waals surface area contributed by atoms with Crippen molar-refractivity contribution in [2.75, 3.05) is 0 Å². The van der Waals surface area contributed by atoms with Crippen molar-refractivity contribution in [2.45, 2.75) is 97.6 Å². The standard InChI is InChI=1S/C23H38N2O2.ClH/c1-14(26)24-17-9-11-22(3)16(13-17)5-6-18-19-7-8-21(25-15(2)27)23(19,4)12-10-20(18)22;/h16-21H,5-13H2,1-4H3,(H,24,26)(H,25,27);1H/t16-,17+,18-,19-,20-,21-,22-,23-;/m0./s1. The Morgan fingerprint density at radius 2 is 1.43 bits per heavy atom. The summed E-state index contributed by atoms with van der Waals surface area (Å²) in [5.74, 6) is 3.47. The van der Waals surface area contributed by atoms with Gasteiger partial charge in [-0.15, -0.1) is 12.4 Å². The molecule has 5 heteroatoms. The minimum Gasteiger partial charge on any atom is -0.354 e. The van der Waals surface area contributed by atoms with Crippen molar-refractivity contribution in [3.63, 3.8) is 0 Å². The molecule has 2 amide bonds. The van der Waals surface area contributed by atoms with Gasteiger partial charge in [0.2, 0.25) is 11.8 Å². The molecule has 4 fully saturated rings. The molecule has 4 nitrogen and oxygen atoms in total. The van der Waals surface area contributed by atoms with Crippen LogP contribution in [0.2, 0.25) is 0 Å². The third kappa shape index (κ3) is 3.48. The minimum atomic E-state index is 0. The first-order valence-corrected chi connectivity index (χ1v) is 11.3. The smallest absolute Gasteiger partial charge is 0.217 e. The molecule has 4 aliphatic rings. The molecule has 4 rings (SSSR count). The highest BCUT2D eigenvalue weighted by molar-refractivity contribution is 5.85. The molecule has 4 aliphatic carbocycles. The molecule has 0 aromatic carbocycles. The summed E-state index contributed by atoms with van der Waals surface area (Å²) < 4.78 is 0. The Balaban J connectivity index is 0.00000225. The van der Waals surface area contributed by atoms with Gasteiger partial charge in [-0.2, -0.15) is 0 Å². The number of nitrogens with one attached hydrogen (secondary N) is 2. The van der Waals surface area contributed by atoms with Crippen molar-refractivity contribution >= 4 is 24.2 Å². The maximum atomic E-state index is 11.7. The highest BCUT2D eigenvalue weighted by Gasteiger charge is 2.60. The highest BCUT2D eigenvalue weighted by Crippen LogP contribution is 2.66. The largest absolute Gasteiger partial charge is 0.354 e. The van der Waals surface area contributed by atoms with Crippen LogP contribution in [0.1, 0.15) is 85.5 Å². The number of rotatable bonds is 2. The van der Waals surface area contributed by atoms with Crippen molar-refractivity contribution in [1.82, 2.24) is 10.6 Å². The Hall–Kier alpha value is -0.770. The van der Waals surface area contributed by atoms with Crippen LogP contribution in [0.3, 0.4) is 0 Å². The summed E-state index contributed by atoms with van der Waals surface area (Å²) in [5.41, 5.74) is 0.745. The molecule has 160 valence electrons. The van der Waals surface area contributed by atoms with E-state index < -0.39 is 0 Å². The van der Waals surface area contributed by atoms with Crippen LogP contribution in [-0.4, -0.2) is 23.9 Å². The molecule has 2 N–H and O–H groups in total. The molecule has 0 aromatic rings. The first-order valence-electron chi connectivity index (χ1n) is 11.3. The number of hydrogen-bond acceptors (Lipinski definition) is 2. The molecule has 4 saturated carbocycles. The Kier molecular flexibility index (Phi) is 6.12. The number of amides is 2. The third-order valence-corrected chi connectivity index (χ3v) is 9.45. The fourth-order valence-electron chi connectivity index (χ4n) is 8.16. The van der Waals surface area contributed by atoms with Crippen LogP contribution in [0.4, 0.5) is 0 Å². The molecular formula is C23H39ClN2O2. The van der Waals surface area contributed by atoms with Crippen LogP contribution in [0.15, 0.2) is 0 Å². The van der Waals surface area contributed by atoms with Crippen LogP contribution >= 0.6 is 12.4 Å². The van der Waals surface area contributed by atoms with Crippen molar-refractivity contribution < 1.29 is 9.59 Å². The van der Waals surface area contributed by atoms with Gasteiger partial charge in [-0.05, 0) is 92.3 Å². The van der Waals surface area contributed by atoms with Gasteiger partial charge >= 0.3 is 0 Å². The Labute approximate surface area is 176 Å². The van der Waals surface area contributed by atoms with Crippen molar-refractivity contribution in [3.8, 4) is 0 Å². The molecule has 0 saturated heterocycles. The van der Waals surface area contributed by atoms with Crippen molar-refractivity contribution in [3.05, 3.63) is 0 Å². The predicted molar refractivity (Wildman–Crippen MR) is 114 cm³/mol. The van der Waals surface area contributed by atoms with Gasteiger partial charge in [0.1, 0.15) is 0 Å². The van der Waals surface area contributed by atoms with Crippen LogP contribution in [0, 0.1) is 34.5 Å². The molecule has 0 unspecified atom stereocenters. The summed E-state index contributed by atoms with van der Waals surface area (Å²) in [6, 6.07) is 0.767. The molecule has 0 aliphatic heterocycles. The lowest BCUT2D eigenvalue weighted by Gasteiger charge is -2.61. The highest BCUT2D eigenvalue weighted by atomic mass is 35.5. The van der Waals surface area contributed by atoms with Crippen molar-refractivity contribution in [2.24, 2.45) is 34.5 Å². The number of fused-ring (bicyclic) bond motifs is 5. The Morgan fingerprint density at radius 1 is 0.786 bits per heavy atom. The summed E-state index contributed by atoms with van der Waals surface area (Å²) >= 11 is 0. The van der Waals surface area contributed by atoms with Gasteiger partial charge < -0.3 is 10.6 Å². The van der Waals surface area contributed by atoms with E-state index in [0.29, 0.717) is 22.9 Å². The van der Waals surface area contributed by atoms with Crippen LogP contribution in [-0.2, 0) is 9.59 Å². The summed E-state index contributed by atoms with van der Waals surface area (Å²) in [5, 5.41) is 6.48. The lowest BCUT2D eigenvalue weighted by Crippen LogP contribution is -2.57. The van der Waals surface area contributed by atoms with Crippen LogP contribution in [0.5, 0.6) is 0 Å². The quantitative estimate of drug-likeness (QED) is 0.705. The molecule has 8 atom stereocenters. The van der Waals surface area contributed by atoms with E-state index in [0.717, 1.165) is 36.5 Å². The maximum Gasteiger partial charge on any atom is 0.217 e. The summed E-state index contributed by atoms with van der Waals surface area (Å²) in [4.78, 5) is 23.2. The van der Waals surface area contributed by atoms with Gasteiger partial charge in [0.05, 0.1) is 0 Å². The SMILES string of the molecule is CC(=O)N[C@@H]1CC[C@@]2(C)[C@@H](CC[C@@H]3[C@@H]2CC[C@]2(C)[C@@H](NC(C)=O)CC[C@@H]32)C1.Cl. The molecule has 0 aromatic heterocycles. The average molecular weight is 411 g/mol. The van der Waals surface area contributed by atoms with E-state index in [1.807, 2.05) is 0 Å². The first kappa shape index (κ1) is 21.9. The van der Waals surface area contributed by atoms with E-state index >= 15 is 0 Å². The van der Waals surface area contributed by atoms with E-state index in [1.165, 1.54) is 44.9 Å². The zero-order valence-electron chi connectivity index (χ0n) is 18.1. The summed E-state index contributed by atoms with van der Waals surface area (Å²) in [6.45, 7) is 8.35. The molecule has 28 heavy (non-hydrogen) atoms. The van der Waals surface area contributed by atoms with E-state index in [4.69, 9.17) is 0 Å². The second-order valence-electron chi connectivity index (χ2n) is 10.7. The summed E-state index contributed by atoms with van der Waals surface area (Å²) in [7, 11) is 0. The minimum absolute atomic E-state index is 0. The van der Waals surface area contributed by atoms with E-state index in [2.05, 4.69) is 24.5 Å². The first-order chi connectivity index (χ1) is 12.7. The molecule has 0 bridgehead atoms. The molecular weight excluding hydrogens is 372 g/mol. The summed E-state index contributed by atoms with van der Waals surface area (Å²) in [6.07, 6.45) is 11.3. The van der Waals surface area contributed by atoms with Gasteiger partial charge in [0.25, 0.3) is 0 Å². The number of carbonyl (C=O) groups excluding carboxylic acids is 2. The normalized spacial score (nSPS) is 47.0. The molecule has 0 radical (unpaired) electrons. The fourth-order valence-corrected chi connectivity index (χ4v) is 8.16. The van der Waals surface area contributed by atoms with Crippen LogP contribution in [0.25, 0.3) is 0 Å². The number of carbonyl (C=O) groups is 2. The van der Waals surface area contributed by atoms with Gasteiger partial charge in [0.15, 0.2) is 0 Å². The Morgan fingerprint density at radius 3 is 2.11 bits per heavy atom. The zero-order valence-corrected chi connectivity index (χ0v) is 18.9. The number of halogens is 1. The Bertz CT molecular complexity index is 626. The monoisotopic (exact) mass is 410 g/mol. The van der Waals surface area contributed by atoms with Crippen LogP contribution < -0.4 is 10.6 Å².